The number of amidine groups is 1. The van der Waals surface area contributed by atoms with Gasteiger partial charge >= 0.3 is 6.03 Å². The van der Waals surface area contributed by atoms with Crippen LogP contribution in [0.2, 0.25) is 0 Å². The Bertz CT molecular complexity index is 1100. The zero-order valence-corrected chi connectivity index (χ0v) is 20.4. The summed E-state index contributed by atoms with van der Waals surface area (Å²) < 4.78 is 14.4. The maximum atomic E-state index is 14.4. The summed E-state index contributed by atoms with van der Waals surface area (Å²) in [6, 6.07) is 5.44. The van der Waals surface area contributed by atoms with Gasteiger partial charge in [-0.15, -0.1) is 0 Å². The summed E-state index contributed by atoms with van der Waals surface area (Å²) in [6.45, 7) is 6.92. The van der Waals surface area contributed by atoms with Crippen molar-refractivity contribution in [2.75, 3.05) is 19.6 Å². The van der Waals surface area contributed by atoms with Crippen molar-refractivity contribution in [3.05, 3.63) is 59.9 Å². The normalized spacial score (nSPS) is 22.0. The summed E-state index contributed by atoms with van der Waals surface area (Å²) in [5.74, 6) is 0.0300. The first-order chi connectivity index (χ1) is 17.0. The summed E-state index contributed by atoms with van der Waals surface area (Å²) in [4.78, 5) is 44.0. The molecule has 0 radical (unpaired) electrons. The number of hydrazine groups is 1. The van der Waals surface area contributed by atoms with E-state index in [1.54, 1.807) is 46.7 Å². The number of nitrogens with one attached hydrogen (secondary N) is 1. The number of amides is 3. The van der Waals surface area contributed by atoms with Crippen molar-refractivity contribution < 1.29 is 14.0 Å². The van der Waals surface area contributed by atoms with Gasteiger partial charge in [0.15, 0.2) is 11.7 Å². The zero-order chi connectivity index (χ0) is 25.0. The maximum Gasteiger partial charge on any atom is 0.328 e. The molecule has 1 aromatic heterocycles. The Labute approximate surface area is 205 Å². The largest absolute Gasteiger partial charge is 0.328 e. The third-order valence-electron chi connectivity index (χ3n) is 6.54. The number of urea groups is 1. The third-order valence-corrected chi connectivity index (χ3v) is 6.54. The number of hydrogen-bond donors (Lipinski definition) is 1. The van der Waals surface area contributed by atoms with Crippen LogP contribution in [-0.4, -0.2) is 73.9 Å². The van der Waals surface area contributed by atoms with Gasteiger partial charge < -0.3 is 0 Å². The second-order valence-corrected chi connectivity index (χ2v) is 8.68. The molecule has 2 atom stereocenters. The van der Waals surface area contributed by atoms with Crippen molar-refractivity contribution in [3.8, 4) is 0 Å². The van der Waals surface area contributed by atoms with Crippen molar-refractivity contribution in [2.45, 2.75) is 58.2 Å². The molecule has 2 aliphatic heterocycles. The summed E-state index contributed by atoms with van der Waals surface area (Å²) in [7, 11) is 0. The highest BCUT2D eigenvalue weighted by molar-refractivity contribution is 6.05. The summed E-state index contributed by atoms with van der Waals surface area (Å²) in [6.07, 6.45) is 6.62. The summed E-state index contributed by atoms with van der Waals surface area (Å²) >= 11 is 0. The maximum absolute atomic E-state index is 14.4. The number of imide groups is 1. The zero-order valence-electron chi connectivity index (χ0n) is 20.4. The Morgan fingerprint density at radius 1 is 1.11 bits per heavy atom. The number of aromatic nitrogens is 2. The van der Waals surface area contributed by atoms with Crippen molar-refractivity contribution >= 4 is 17.8 Å². The molecule has 3 amide bonds. The standard InChI is InChI=1S/C25H32FN7O2/c1-4-14-31-23(34)22-25(5-2,32(24(31)35)15-11-18-9-7-8-10-20(18)26)30-21(33(22)29-6-3)16-19-17-27-12-13-28-19/h7-10,12-13,17,22,29H,4-6,11,14-16H2,1-3H3. The van der Waals surface area contributed by atoms with E-state index >= 15 is 0 Å². The molecule has 3 heterocycles. The first-order valence-electron chi connectivity index (χ1n) is 12.2. The monoisotopic (exact) mass is 481 g/mol. The number of carbonyl (C=O) groups excluding carboxylic acids is 2. The van der Waals surface area contributed by atoms with E-state index in [1.165, 1.54) is 11.0 Å². The molecule has 10 heteroatoms. The Hall–Kier alpha value is -3.40. The fourth-order valence-electron chi connectivity index (χ4n) is 4.94. The predicted octanol–water partition coefficient (Wildman–Crippen LogP) is 2.79. The van der Waals surface area contributed by atoms with Crippen LogP contribution >= 0.6 is 0 Å². The fourth-order valence-corrected chi connectivity index (χ4v) is 4.94. The molecule has 2 unspecified atom stereocenters. The van der Waals surface area contributed by atoms with E-state index < -0.39 is 11.7 Å². The minimum atomic E-state index is -1.11. The van der Waals surface area contributed by atoms with Crippen molar-refractivity contribution in [1.82, 2.24) is 30.2 Å². The van der Waals surface area contributed by atoms with Crippen LogP contribution in [0.1, 0.15) is 44.9 Å². The van der Waals surface area contributed by atoms with E-state index in [0.29, 0.717) is 55.9 Å². The van der Waals surface area contributed by atoms with Crippen molar-refractivity contribution in [2.24, 2.45) is 4.99 Å². The lowest BCUT2D eigenvalue weighted by Crippen LogP contribution is -2.73. The number of fused-ring (bicyclic) bond motifs is 1. The molecule has 35 heavy (non-hydrogen) atoms. The molecule has 1 N–H and O–H groups in total. The van der Waals surface area contributed by atoms with Gasteiger partial charge in [-0.05, 0) is 30.9 Å². The van der Waals surface area contributed by atoms with Crippen LogP contribution in [0.25, 0.3) is 0 Å². The molecule has 1 saturated heterocycles. The van der Waals surface area contributed by atoms with Crippen LogP contribution in [-0.2, 0) is 17.6 Å². The van der Waals surface area contributed by atoms with Gasteiger partial charge in [-0.2, -0.15) is 0 Å². The van der Waals surface area contributed by atoms with Crippen LogP contribution < -0.4 is 5.43 Å². The molecule has 2 aliphatic rings. The number of rotatable bonds is 10. The molecule has 2 aromatic rings. The third kappa shape index (κ3) is 4.50. The number of carbonyl (C=O) groups is 2. The highest BCUT2D eigenvalue weighted by Crippen LogP contribution is 2.40. The molecule has 0 saturated carbocycles. The molecule has 9 nitrogen and oxygen atoms in total. The first kappa shape index (κ1) is 24.7. The molecule has 0 bridgehead atoms. The van der Waals surface area contributed by atoms with Gasteiger partial charge in [0.1, 0.15) is 11.7 Å². The number of benzene rings is 1. The lowest BCUT2D eigenvalue weighted by Gasteiger charge is -2.50. The minimum Gasteiger partial charge on any atom is -0.296 e. The average molecular weight is 482 g/mol. The van der Waals surface area contributed by atoms with E-state index in [-0.39, 0.29) is 24.3 Å². The molecule has 1 aromatic carbocycles. The Morgan fingerprint density at radius 2 is 1.91 bits per heavy atom. The van der Waals surface area contributed by atoms with E-state index in [2.05, 4.69) is 15.4 Å². The molecule has 186 valence electrons. The smallest absolute Gasteiger partial charge is 0.296 e. The quantitative estimate of drug-likeness (QED) is 0.561. The molecule has 0 spiro atoms. The van der Waals surface area contributed by atoms with Gasteiger partial charge in [0.25, 0.3) is 5.91 Å². The van der Waals surface area contributed by atoms with E-state index in [9.17, 15) is 14.0 Å². The highest BCUT2D eigenvalue weighted by Gasteiger charge is 2.62. The molecule has 0 aliphatic carbocycles. The van der Waals surface area contributed by atoms with Crippen molar-refractivity contribution in [1.29, 1.82) is 0 Å². The first-order valence-corrected chi connectivity index (χ1v) is 12.2. The Morgan fingerprint density at radius 3 is 2.57 bits per heavy atom. The van der Waals surface area contributed by atoms with Crippen LogP contribution in [0.3, 0.4) is 0 Å². The SMILES string of the molecule is CCCN1C(=O)C2N(NCC)C(Cc3cnccn3)=NC2(CC)N(CCc2ccccc2F)C1=O. The van der Waals surface area contributed by atoms with E-state index in [1.807, 2.05) is 20.8 Å². The van der Waals surface area contributed by atoms with Crippen LogP contribution in [0.5, 0.6) is 0 Å². The van der Waals surface area contributed by atoms with Crippen LogP contribution in [0.15, 0.2) is 47.8 Å². The summed E-state index contributed by atoms with van der Waals surface area (Å²) in [5, 5.41) is 1.80. The van der Waals surface area contributed by atoms with Gasteiger partial charge in [0.2, 0.25) is 0 Å². The Kier molecular flexibility index (Phi) is 7.39. The van der Waals surface area contributed by atoms with Gasteiger partial charge in [-0.1, -0.05) is 39.0 Å². The summed E-state index contributed by atoms with van der Waals surface area (Å²) in [5.41, 5.74) is 3.42. The van der Waals surface area contributed by atoms with E-state index in [0.717, 1.165) is 0 Å². The second-order valence-electron chi connectivity index (χ2n) is 8.68. The predicted molar refractivity (Wildman–Crippen MR) is 130 cm³/mol. The van der Waals surface area contributed by atoms with E-state index in [4.69, 9.17) is 4.99 Å². The number of halogens is 1. The fraction of sp³-hybridized carbons (Fsp3) is 0.480. The van der Waals surface area contributed by atoms with Crippen LogP contribution in [0, 0.1) is 5.82 Å². The molecular weight excluding hydrogens is 449 g/mol. The number of nitrogens with zero attached hydrogens (tertiary/aromatic N) is 6. The minimum absolute atomic E-state index is 0.236. The number of aliphatic imine (C=N–C) groups is 1. The number of hydrogen-bond acceptors (Lipinski definition) is 7. The average Bonchev–Trinajstić information content (AvgIpc) is 3.17. The van der Waals surface area contributed by atoms with Crippen molar-refractivity contribution in [3.63, 3.8) is 0 Å². The van der Waals surface area contributed by atoms with Gasteiger partial charge in [-0.25, -0.2) is 19.6 Å². The van der Waals surface area contributed by atoms with Gasteiger partial charge in [0.05, 0.1) is 12.1 Å². The topological polar surface area (TPSA) is 94.0 Å². The van der Waals surface area contributed by atoms with Crippen LogP contribution in [0.4, 0.5) is 9.18 Å². The Balaban J connectivity index is 1.76. The molecular formula is C25H32FN7O2. The molecule has 4 rings (SSSR count). The molecule has 1 fully saturated rings. The van der Waals surface area contributed by atoms with Gasteiger partial charge in [0, 0.05) is 38.2 Å². The lowest BCUT2D eigenvalue weighted by atomic mass is 9.91. The van der Waals surface area contributed by atoms with Gasteiger partial charge in [-0.3, -0.25) is 29.6 Å². The lowest BCUT2D eigenvalue weighted by molar-refractivity contribution is -0.144. The second kappa shape index (κ2) is 10.5. The highest BCUT2D eigenvalue weighted by atomic mass is 19.1.